The zero-order valence-corrected chi connectivity index (χ0v) is 19.3. The van der Waals surface area contributed by atoms with E-state index >= 15 is 0 Å². The lowest BCUT2D eigenvalue weighted by Crippen LogP contribution is -2.50. The normalized spacial score (nSPS) is 46.5. The molecule has 0 aromatic rings. The molecular formula is C27H46O. The molecule has 4 aliphatic rings. The smallest absolute Gasteiger partial charge is 0.0577 e. The van der Waals surface area contributed by atoms with Crippen molar-refractivity contribution < 1.29 is 5.11 Å². The summed E-state index contributed by atoms with van der Waals surface area (Å²) in [7, 11) is 0. The molecule has 4 rings (SSSR count). The maximum absolute atomic E-state index is 10.2. The quantitative estimate of drug-likeness (QED) is 0.488. The zero-order chi connectivity index (χ0) is 20.1. The Kier molecular flexibility index (Phi) is 5.80. The second-order valence-electron chi connectivity index (χ2n) is 12.2. The molecule has 0 bridgehead atoms. The summed E-state index contributed by atoms with van der Waals surface area (Å²) in [4.78, 5) is 0. The SMILES string of the molecule is CC(C)CCC[C@H](C)C1CCC2[C@@H]3CC=C4C[C@@H](O)CC[C@]4(C)C3CC[C@@]21C. The summed E-state index contributed by atoms with van der Waals surface area (Å²) in [6.07, 6.45) is 17.2. The van der Waals surface area contributed by atoms with Crippen LogP contribution in [-0.2, 0) is 0 Å². The van der Waals surface area contributed by atoms with Crippen LogP contribution in [0.2, 0.25) is 0 Å². The summed E-state index contributed by atoms with van der Waals surface area (Å²) in [5, 5.41) is 10.2. The molecule has 160 valence electrons. The van der Waals surface area contributed by atoms with Crippen molar-refractivity contribution >= 4 is 0 Å². The minimum atomic E-state index is -0.0766. The molecule has 0 amide bonds. The number of rotatable bonds is 5. The van der Waals surface area contributed by atoms with E-state index in [2.05, 4.69) is 40.7 Å². The van der Waals surface area contributed by atoms with Gasteiger partial charge in [-0.3, -0.25) is 0 Å². The molecule has 3 fully saturated rings. The number of allylic oxidation sites excluding steroid dienone is 1. The van der Waals surface area contributed by atoms with Crippen LogP contribution in [-0.4, -0.2) is 11.2 Å². The van der Waals surface area contributed by atoms with Crippen molar-refractivity contribution in [2.24, 2.45) is 46.3 Å². The van der Waals surface area contributed by atoms with Gasteiger partial charge in [0.15, 0.2) is 0 Å². The summed E-state index contributed by atoms with van der Waals surface area (Å²) in [5.74, 6) is 5.46. The van der Waals surface area contributed by atoms with Gasteiger partial charge in [-0.05, 0) is 97.7 Å². The van der Waals surface area contributed by atoms with Gasteiger partial charge < -0.3 is 5.11 Å². The van der Waals surface area contributed by atoms with Gasteiger partial charge in [0.1, 0.15) is 0 Å². The Balaban J connectivity index is 1.49. The van der Waals surface area contributed by atoms with Gasteiger partial charge in [-0.2, -0.15) is 0 Å². The predicted octanol–water partition coefficient (Wildman–Crippen LogP) is 7.39. The summed E-state index contributed by atoms with van der Waals surface area (Å²) >= 11 is 0. The first-order valence-electron chi connectivity index (χ1n) is 12.6. The molecule has 4 aliphatic carbocycles. The van der Waals surface area contributed by atoms with Crippen LogP contribution in [0.5, 0.6) is 0 Å². The molecule has 0 aliphatic heterocycles. The standard InChI is InChI=1S/C27H46O/c1-18(2)7-6-8-19(3)23-11-12-24-22-10-9-20-17-21(28)13-15-26(20,4)25(22)14-16-27(23,24)5/h9,18-19,21-25,28H,6-8,10-17H2,1-5H3/t19-,21-,22-,23?,24?,25?,26-,27+/m0/s1. The van der Waals surface area contributed by atoms with Crippen LogP contribution in [0.15, 0.2) is 11.6 Å². The lowest BCUT2D eigenvalue weighted by atomic mass is 9.47. The van der Waals surface area contributed by atoms with Gasteiger partial charge in [0.05, 0.1) is 6.10 Å². The third-order valence-electron chi connectivity index (χ3n) is 10.3. The third kappa shape index (κ3) is 3.42. The Morgan fingerprint density at radius 3 is 2.54 bits per heavy atom. The van der Waals surface area contributed by atoms with Crippen LogP contribution in [0.3, 0.4) is 0 Å². The first-order valence-corrected chi connectivity index (χ1v) is 12.6. The summed E-state index contributed by atoms with van der Waals surface area (Å²) in [5.41, 5.74) is 2.60. The molecule has 1 N–H and O–H groups in total. The van der Waals surface area contributed by atoms with E-state index in [0.29, 0.717) is 10.8 Å². The average Bonchev–Trinajstić information content (AvgIpc) is 2.99. The monoisotopic (exact) mass is 386 g/mol. The van der Waals surface area contributed by atoms with Crippen LogP contribution in [0.25, 0.3) is 0 Å². The Hall–Kier alpha value is -0.300. The highest BCUT2D eigenvalue weighted by Gasteiger charge is 2.59. The third-order valence-corrected chi connectivity index (χ3v) is 10.3. The van der Waals surface area contributed by atoms with Crippen LogP contribution in [0.1, 0.15) is 105 Å². The topological polar surface area (TPSA) is 20.2 Å². The highest BCUT2D eigenvalue weighted by molar-refractivity contribution is 5.25. The minimum absolute atomic E-state index is 0.0766. The molecule has 28 heavy (non-hydrogen) atoms. The molecule has 0 heterocycles. The van der Waals surface area contributed by atoms with Crippen molar-refractivity contribution in [1.82, 2.24) is 0 Å². The largest absolute Gasteiger partial charge is 0.393 e. The number of aliphatic hydroxyl groups excluding tert-OH is 1. The Labute approximate surface area is 174 Å². The molecule has 3 unspecified atom stereocenters. The number of hydrogen-bond acceptors (Lipinski definition) is 1. The lowest BCUT2D eigenvalue weighted by molar-refractivity contribution is -0.0573. The second-order valence-corrected chi connectivity index (χ2v) is 12.2. The molecule has 0 aromatic carbocycles. The van der Waals surface area contributed by atoms with Gasteiger partial charge in [0, 0.05) is 0 Å². The van der Waals surface area contributed by atoms with E-state index in [4.69, 9.17) is 0 Å². The van der Waals surface area contributed by atoms with Gasteiger partial charge in [-0.25, -0.2) is 0 Å². The minimum Gasteiger partial charge on any atom is -0.393 e. The van der Waals surface area contributed by atoms with E-state index in [1.165, 1.54) is 57.8 Å². The van der Waals surface area contributed by atoms with Gasteiger partial charge in [0.2, 0.25) is 0 Å². The first kappa shape index (κ1) is 21.0. The van der Waals surface area contributed by atoms with Crippen molar-refractivity contribution in [3.8, 4) is 0 Å². The summed E-state index contributed by atoms with van der Waals surface area (Å²) in [6, 6.07) is 0. The van der Waals surface area contributed by atoms with E-state index in [1.54, 1.807) is 5.57 Å². The number of aliphatic hydroxyl groups is 1. The van der Waals surface area contributed by atoms with Crippen molar-refractivity contribution in [3.63, 3.8) is 0 Å². The van der Waals surface area contributed by atoms with Gasteiger partial charge in [0.25, 0.3) is 0 Å². The molecule has 0 radical (unpaired) electrons. The van der Waals surface area contributed by atoms with E-state index in [1.807, 2.05) is 0 Å². The van der Waals surface area contributed by atoms with Gasteiger partial charge in [-0.1, -0.05) is 65.5 Å². The number of fused-ring (bicyclic) bond motifs is 5. The van der Waals surface area contributed by atoms with Crippen molar-refractivity contribution in [2.75, 3.05) is 0 Å². The van der Waals surface area contributed by atoms with E-state index in [-0.39, 0.29) is 6.10 Å². The van der Waals surface area contributed by atoms with Crippen molar-refractivity contribution in [1.29, 1.82) is 0 Å². The summed E-state index contributed by atoms with van der Waals surface area (Å²) in [6.45, 7) is 12.6. The van der Waals surface area contributed by atoms with Gasteiger partial charge in [-0.15, -0.1) is 0 Å². The van der Waals surface area contributed by atoms with Crippen LogP contribution in [0.4, 0.5) is 0 Å². The van der Waals surface area contributed by atoms with E-state index < -0.39 is 0 Å². The molecule has 1 heteroatoms. The van der Waals surface area contributed by atoms with Crippen LogP contribution in [0, 0.1) is 46.3 Å². The van der Waals surface area contributed by atoms with Gasteiger partial charge >= 0.3 is 0 Å². The zero-order valence-electron chi connectivity index (χ0n) is 19.3. The molecule has 0 saturated heterocycles. The van der Waals surface area contributed by atoms with E-state index in [0.717, 1.165) is 48.3 Å². The van der Waals surface area contributed by atoms with Crippen LogP contribution >= 0.6 is 0 Å². The predicted molar refractivity (Wildman–Crippen MR) is 119 cm³/mol. The Morgan fingerprint density at radius 2 is 1.79 bits per heavy atom. The molecule has 0 spiro atoms. The van der Waals surface area contributed by atoms with E-state index in [9.17, 15) is 5.11 Å². The molecule has 0 aromatic heterocycles. The van der Waals surface area contributed by atoms with Crippen molar-refractivity contribution in [2.45, 2.75) is 111 Å². The maximum Gasteiger partial charge on any atom is 0.0577 e. The molecule has 3 saturated carbocycles. The Bertz CT molecular complexity index is 591. The highest BCUT2D eigenvalue weighted by atomic mass is 16.3. The highest BCUT2D eigenvalue weighted by Crippen LogP contribution is 2.67. The lowest BCUT2D eigenvalue weighted by Gasteiger charge is -2.58. The Morgan fingerprint density at radius 1 is 1.00 bits per heavy atom. The fraction of sp³-hybridized carbons (Fsp3) is 0.926. The molecule has 8 atom stereocenters. The molecular weight excluding hydrogens is 340 g/mol. The van der Waals surface area contributed by atoms with Crippen molar-refractivity contribution in [3.05, 3.63) is 11.6 Å². The number of hydrogen-bond donors (Lipinski definition) is 1. The fourth-order valence-electron chi connectivity index (χ4n) is 8.67. The average molecular weight is 387 g/mol. The second kappa shape index (κ2) is 7.75. The molecule has 1 nitrogen and oxygen atoms in total. The maximum atomic E-state index is 10.2. The first-order chi connectivity index (χ1) is 13.3. The summed E-state index contributed by atoms with van der Waals surface area (Å²) < 4.78 is 0. The fourth-order valence-corrected chi connectivity index (χ4v) is 8.67. The van der Waals surface area contributed by atoms with Crippen LogP contribution < -0.4 is 0 Å².